The van der Waals surface area contributed by atoms with Gasteiger partial charge in [-0.2, -0.15) is 0 Å². The van der Waals surface area contributed by atoms with E-state index in [0.717, 1.165) is 12.8 Å². The van der Waals surface area contributed by atoms with E-state index in [1.165, 1.54) is 11.8 Å². The summed E-state index contributed by atoms with van der Waals surface area (Å²) in [6.07, 6.45) is 6.62. The second kappa shape index (κ2) is 3.99. The van der Waals surface area contributed by atoms with Gasteiger partial charge in [-0.3, -0.25) is 14.4 Å². The molecule has 1 aromatic carbocycles. The van der Waals surface area contributed by atoms with Crippen LogP contribution < -0.4 is 4.90 Å². The predicted octanol–water partition coefficient (Wildman–Crippen LogP) is 2.59. The number of rotatable bonds is 2. The van der Waals surface area contributed by atoms with Crippen LogP contribution in [0.4, 0.5) is 5.69 Å². The highest BCUT2D eigenvalue weighted by molar-refractivity contribution is 6.23. The molecule has 2 bridgehead atoms. The van der Waals surface area contributed by atoms with E-state index < -0.39 is 0 Å². The average molecular weight is 307 g/mol. The standard InChI is InChI=1S/C19H17NO3/c1-10(21)11-3-2-4-12(9-11)20-17(22)15-13-5-6-14(16(15)18(20)23)19(13)7-8-19/h2-6,9,13-16H,7-8H2,1H3/t13-,14-,15-,16+/m0/s1. The quantitative estimate of drug-likeness (QED) is 0.479. The molecule has 2 amide bonds. The van der Waals surface area contributed by atoms with E-state index >= 15 is 0 Å². The lowest BCUT2D eigenvalue weighted by molar-refractivity contribution is -0.123. The van der Waals surface area contributed by atoms with Crippen LogP contribution in [-0.2, 0) is 9.59 Å². The molecule has 5 rings (SSSR count). The van der Waals surface area contributed by atoms with Crippen LogP contribution in [0.25, 0.3) is 0 Å². The topological polar surface area (TPSA) is 54.5 Å². The number of nitrogens with zero attached hydrogens (tertiary/aromatic N) is 1. The lowest BCUT2D eigenvalue weighted by atomic mass is 9.85. The molecule has 3 fully saturated rings. The van der Waals surface area contributed by atoms with Crippen molar-refractivity contribution in [3.63, 3.8) is 0 Å². The SMILES string of the molecule is CC(=O)c1cccc(N2C(=O)[C@@H]3[C@H](C2=O)[C@@H]2C=C[C@@H]3C23CC3)c1. The number of amides is 2. The summed E-state index contributed by atoms with van der Waals surface area (Å²) in [5.74, 6) is -0.149. The van der Waals surface area contributed by atoms with Gasteiger partial charge in [0.05, 0.1) is 17.5 Å². The minimum atomic E-state index is -0.194. The van der Waals surface area contributed by atoms with Gasteiger partial charge in [0.1, 0.15) is 0 Å². The summed E-state index contributed by atoms with van der Waals surface area (Å²) in [5.41, 5.74) is 1.28. The molecule has 0 unspecified atom stereocenters. The van der Waals surface area contributed by atoms with E-state index in [-0.39, 0.29) is 46.7 Å². The third kappa shape index (κ3) is 1.44. The van der Waals surface area contributed by atoms with Gasteiger partial charge in [0.25, 0.3) is 0 Å². The summed E-state index contributed by atoms with van der Waals surface area (Å²) >= 11 is 0. The number of fused-ring (bicyclic) bond motifs is 3. The van der Waals surface area contributed by atoms with E-state index in [4.69, 9.17) is 0 Å². The Bertz CT molecular complexity index is 771. The Morgan fingerprint density at radius 2 is 1.70 bits per heavy atom. The summed E-state index contributed by atoms with van der Waals surface area (Å²) < 4.78 is 0. The van der Waals surface area contributed by atoms with Crippen LogP contribution in [0.15, 0.2) is 36.4 Å². The lowest BCUT2D eigenvalue weighted by Gasteiger charge is -2.22. The Morgan fingerprint density at radius 3 is 2.22 bits per heavy atom. The number of carbonyl (C=O) groups is 3. The van der Waals surface area contributed by atoms with Gasteiger partial charge < -0.3 is 0 Å². The monoisotopic (exact) mass is 307 g/mol. The van der Waals surface area contributed by atoms with E-state index in [0.29, 0.717) is 11.3 Å². The first-order valence-corrected chi connectivity index (χ1v) is 8.22. The van der Waals surface area contributed by atoms with Gasteiger partial charge in [0, 0.05) is 5.56 Å². The molecule has 4 heteroatoms. The zero-order valence-corrected chi connectivity index (χ0v) is 12.9. The first-order chi connectivity index (χ1) is 11.0. The summed E-state index contributed by atoms with van der Waals surface area (Å²) in [6.45, 7) is 1.49. The Balaban J connectivity index is 1.56. The Morgan fingerprint density at radius 1 is 1.09 bits per heavy atom. The second-order valence-electron chi connectivity index (χ2n) is 7.34. The fourth-order valence-electron chi connectivity index (χ4n) is 5.20. The summed E-state index contributed by atoms with van der Waals surface area (Å²) in [5, 5.41) is 0. The summed E-state index contributed by atoms with van der Waals surface area (Å²) in [6, 6.07) is 6.84. The van der Waals surface area contributed by atoms with Crippen molar-refractivity contribution in [2.45, 2.75) is 19.8 Å². The maximum atomic E-state index is 13.0. The van der Waals surface area contributed by atoms with E-state index in [1.807, 2.05) is 0 Å². The fourth-order valence-corrected chi connectivity index (χ4v) is 5.20. The molecule has 1 aliphatic heterocycles. The maximum Gasteiger partial charge on any atom is 0.238 e. The molecule has 1 aromatic rings. The molecule has 1 saturated heterocycles. The van der Waals surface area contributed by atoms with Crippen LogP contribution in [-0.4, -0.2) is 17.6 Å². The lowest BCUT2D eigenvalue weighted by Crippen LogP contribution is -2.34. The van der Waals surface area contributed by atoms with Crippen molar-refractivity contribution in [3.05, 3.63) is 42.0 Å². The van der Waals surface area contributed by atoms with Gasteiger partial charge in [-0.05, 0) is 49.1 Å². The van der Waals surface area contributed by atoms with Crippen LogP contribution in [0.1, 0.15) is 30.1 Å². The number of allylic oxidation sites excluding steroid dienone is 2. The molecule has 4 atom stereocenters. The summed E-state index contributed by atoms with van der Waals surface area (Å²) in [7, 11) is 0. The van der Waals surface area contributed by atoms with Crippen molar-refractivity contribution in [1.29, 1.82) is 0 Å². The fraction of sp³-hybridized carbons (Fsp3) is 0.421. The highest BCUT2D eigenvalue weighted by Gasteiger charge is 2.73. The zero-order chi connectivity index (χ0) is 15.9. The molecule has 0 N–H and O–H groups in total. The number of hydrogen-bond acceptors (Lipinski definition) is 3. The molecule has 1 heterocycles. The van der Waals surface area contributed by atoms with Crippen molar-refractivity contribution < 1.29 is 14.4 Å². The van der Waals surface area contributed by atoms with Crippen molar-refractivity contribution in [3.8, 4) is 0 Å². The smallest absolute Gasteiger partial charge is 0.238 e. The Labute approximate surface area is 134 Å². The highest BCUT2D eigenvalue weighted by Crippen LogP contribution is 2.73. The van der Waals surface area contributed by atoms with Gasteiger partial charge in [-0.25, -0.2) is 4.90 Å². The number of carbonyl (C=O) groups excluding carboxylic acids is 3. The summed E-state index contributed by atoms with van der Waals surface area (Å²) in [4.78, 5) is 38.8. The predicted molar refractivity (Wildman–Crippen MR) is 83.7 cm³/mol. The molecular formula is C19H17NO3. The third-order valence-corrected chi connectivity index (χ3v) is 6.36. The molecule has 0 aromatic heterocycles. The minimum Gasteiger partial charge on any atom is -0.295 e. The molecule has 1 spiro atoms. The number of benzene rings is 1. The van der Waals surface area contributed by atoms with Gasteiger partial charge in [0.2, 0.25) is 11.8 Å². The molecule has 0 radical (unpaired) electrons. The van der Waals surface area contributed by atoms with Crippen LogP contribution in [0.3, 0.4) is 0 Å². The molecule has 4 aliphatic rings. The van der Waals surface area contributed by atoms with E-state index in [2.05, 4.69) is 12.2 Å². The van der Waals surface area contributed by atoms with E-state index in [9.17, 15) is 14.4 Å². The molecular weight excluding hydrogens is 290 g/mol. The average Bonchev–Trinajstić information content (AvgIpc) is 3.13. The van der Waals surface area contributed by atoms with Crippen molar-refractivity contribution >= 4 is 23.3 Å². The molecule has 2 saturated carbocycles. The largest absolute Gasteiger partial charge is 0.295 e. The normalized spacial score (nSPS) is 35.3. The number of imide groups is 1. The van der Waals surface area contributed by atoms with Crippen LogP contribution in [0, 0.1) is 29.1 Å². The zero-order valence-electron chi connectivity index (χ0n) is 12.9. The number of anilines is 1. The maximum absolute atomic E-state index is 13.0. The van der Waals surface area contributed by atoms with Crippen molar-refractivity contribution in [2.75, 3.05) is 4.90 Å². The third-order valence-electron chi connectivity index (χ3n) is 6.36. The van der Waals surface area contributed by atoms with Gasteiger partial charge in [-0.1, -0.05) is 24.3 Å². The second-order valence-corrected chi connectivity index (χ2v) is 7.34. The van der Waals surface area contributed by atoms with Gasteiger partial charge in [0.15, 0.2) is 5.78 Å². The number of Topliss-reactive ketones (excluding diaryl/α,β-unsaturated/α-hetero) is 1. The number of hydrogen-bond donors (Lipinski definition) is 0. The highest BCUT2D eigenvalue weighted by atomic mass is 16.2. The molecule has 3 aliphatic carbocycles. The molecule has 23 heavy (non-hydrogen) atoms. The van der Waals surface area contributed by atoms with E-state index in [1.54, 1.807) is 24.3 Å². The first-order valence-electron chi connectivity index (χ1n) is 8.22. The number of ketones is 1. The van der Waals surface area contributed by atoms with Crippen LogP contribution >= 0.6 is 0 Å². The van der Waals surface area contributed by atoms with Crippen LogP contribution in [0.5, 0.6) is 0 Å². The van der Waals surface area contributed by atoms with Crippen molar-refractivity contribution in [2.24, 2.45) is 29.1 Å². The van der Waals surface area contributed by atoms with Gasteiger partial charge >= 0.3 is 0 Å². The minimum absolute atomic E-state index is 0.0650. The first kappa shape index (κ1) is 13.2. The Hall–Kier alpha value is -2.23. The van der Waals surface area contributed by atoms with Crippen LogP contribution in [0.2, 0.25) is 0 Å². The van der Waals surface area contributed by atoms with Gasteiger partial charge in [-0.15, -0.1) is 0 Å². The Kier molecular flexibility index (Phi) is 2.30. The molecule has 4 nitrogen and oxygen atoms in total. The molecule has 116 valence electrons. The van der Waals surface area contributed by atoms with Crippen molar-refractivity contribution in [1.82, 2.24) is 0 Å².